The summed E-state index contributed by atoms with van der Waals surface area (Å²) in [5.41, 5.74) is 2.55. The number of carbonyl (C=O) groups is 1. The second-order valence-electron chi connectivity index (χ2n) is 5.44. The van der Waals surface area contributed by atoms with Gasteiger partial charge in [-0.25, -0.2) is 9.18 Å². The smallest absolute Gasteiger partial charge is 0.326 e. The summed E-state index contributed by atoms with van der Waals surface area (Å²) in [7, 11) is 0. The van der Waals surface area contributed by atoms with E-state index in [1.54, 1.807) is 0 Å². The van der Waals surface area contributed by atoms with Crippen molar-refractivity contribution in [3.8, 4) is 0 Å². The van der Waals surface area contributed by atoms with E-state index in [-0.39, 0.29) is 12.5 Å². The molecule has 23 heavy (non-hydrogen) atoms. The number of hydrogen-bond acceptors (Lipinski definition) is 2. The molecule has 3 aromatic rings. The highest BCUT2D eigenvalue weighted by Gasteiger charge is 2.11. The summed E-state index contributed by atoms with van der Waals surface area (Å²) in [5.74, 6) is -0.714. The van der Waals surface area contributed by atoms with E-state index < -0.39 is 11.5 Å². The molecule has 0 bridgehead atoms. The van der Waals surface area contributed by atoms with Crippen LogP contribution < -0.4 is 11.0 Å². The zero-order valence-corrected chi connectivity index (χ0v) is 12.6. The molecule has 0 saturated carbocycles. The average molecular weight is 313 g/mol. The van der Waals surface area contributed by atoms with E-state index >= 15 is 0 Å². The molecule has 2 N–H and O–H groups in total. The minimum absolute atomic E-state index is 0.115. The van der Waals surface area contributed by atoms with Crippen LogP contribution in [0.1, 0.15) is 11.1 Å². The molecule has 0 saturated heterocycles. The number of fused-ring (bicyclic) bond motifs is 1. The summed E-state index contributed by atoms with van der Waals surface area (Å²) in [4.78, 5) is 26.5. The number of carbonyl (C=O) groups excluding carboxylic acids is 1. The van der Waals surface area contributed by atoms with Gasteiger partial charge in [0, 0.05) is 6.54 Å². The van der Waals surface area contributed by atoms with E-state index in [4.69, 9.17) is 0 Å². The minimum Gasteiger partial charge on any atom is -0.350 e. The van der Waals surface area contributed by atoms with Crippen molar-refractivity contribution in [2.45, 2.75) is 20.0 Å². The fourth-order valence-corrected chi connectivity index (χ4v) is 2.52. The van der Waals surface area contributed by atoms with Gasteiger partial charge in [-0.3, -0.25) is 9.36 Å². The van der Waals surface area contributed by atoms with Gasteiger partial charge in [0.15, 0.2) is 0 Å². The van der Waals surface area contributed by atoms with Gasteiger partial charge in [0.2, 0.25) is 5.91 Å². The monoisotopic (exact) mass is 313 g/mol. The zero-order valence-electron chi connectivity index (χ0n) is 12.6. The summed E-state index contributed by atoms with van der Waals surface area (Å²) < 4.78 is 14.5. The highest BCUT2D eigenvalue weighted by molar-refractivity contribution is 5.80. The molecule has 0 spiro atoms. The zero-order chi connectivity index (χ0) is 16.4. The van der Waals surface area contributed by atoms with Crippen LogP contribution in [0.3, 0.4) is 0 Å². The summed E-state index contributed by atoms with van der Waals surface area (Å²) in [5, 5.41) is 2.78. The SMILES string of the molecule is Cc1cccc(CNC(=O)Cn2c(=O)[nH]c3cc(F)ccc32)c1. The van der Waals surface area contributed by atoms with Gasteiger partial charge in [0.05, 0.1) is 11.0 Å². The van der Waals surface area contributed by atoms with Crippen molar-refractivity contribution < 1.29 is 9.18 Å². The Kier molecular flexibility index (Phi) is 3.97. The van der Waals surface area contributed by atoms with E-state index in [9.17, 15) is 14.0 Å². The lowest BCUT2D eigenvalue weighted by Gasteiger charge is -2.07. The molecule has 0 unspecified atom stereocenters. The van der Waals surface area contributed by atoms with Crippen LogP contribution in [0.15, 0.2) is 47.3 Å². The van der Waals surface area contributed by atoms with Crippen molar-refractivity contribution in [2.75, 3.05) is 0 Å². The second kappa shape index (κ2) is 6.08. The number of hydrogen-bond donors (Lipinski definition) is 2. The molecule has 1 heterocycles. The molecule has 1 aromatic heterocycles. The van der Waals surface area contributed by atoms with Crippen molar-refractivity contribution >= 4 is 16.9 Å². The first kappa shape index (κ1) is 15.0. The minimum atomic E-state index is -0.435. The van der Waals surface area contributed by atoms with Gasteiger partial charge >= 0.3 is 5.69 Å². The van der Waals surface area contributed by atoms with Crippen LogP contribution in [-0.2, 0) is 17.9 Å². The molecule has 0 aliphatic carbocycles. The van der Waals surface area contributed by atoms with Crippen LogP contribution in [0, 0.1) is 12.7 Å². The van der Waals surface area contributed by atoms with Crippen molar-refractivity contribution in [3.63, 3.8) is 0 Å². The van der Waals surface area contributed by atoms with E-state index in [2.05, 4.69) is 10.3 Å². The van der Waals surface area contributed by atoms with Gasteiger partial charge < -0.3 is 10.3 Å². The highest BCUT2D eigenvalue weighted by atomic mass is 19.1. The number of aryl methyl sites for hydroxylation is 1. The van der Waals surface area contributed by atoms with Crippen molar-refractivity contribution in [3.05, 3.63) is 69.9 Å². The molecule has 5 nitrogen and oxygen atoms in total. The summed E-state index contributed by atoms with van der Waals surface area (Å²) in [6, 6.07) is 11.8. The van der Waals surface area contributed by atoms with E-state index in [0.717, 1.165) is 11.1 Å². The largest absolute Gasteiger partial charge is 0.350 e. The molecule has 2 aromatic carbocycles. The Morgan fingerprint density at radius 2 is 2.09 bits per heavy atom. The number of amides is 1. The Morgan fingerprint density at radius 1 is 1.26 bits per heavy atom. The molecule has 0 atom stereocenters. The van der Waals surface area contributed by atoms with Crippen molar-refractivity contribution in [2.24, 2.45) is 0 Å². The number of halogens is 1. The maximum absolute atomic E-state index is 13.2. The topological polar surface area (TPSA) is 66.9 Å². The molecule has 3 rings (SSSR count). The number of nitrogens with one attached hydrogen (secondary N) is 2. The number of nitrogens with zero attached hydrogens (tertiary/aromatic N) is 1. The highest BCUT2D eigenvalue weighted by Crippen LogP contribution is 2.11. The van der Waals surface area contributed by atoms with Gasteiger partial charge in [-0.05, 0) is 30.7 Å². The number of aromatic nitrogens is 2. The number of H-pyrrole nitrogens is 1. The fraction of sp³-hybridized carbons (Fsp3) is 0.176. The molecule has 0 radical (unpaired) electrons. The molecular weight excluding hydrogens is 297 g/mol. The summed E-state index contributed by atoms with van der Waals surface area (Å²) in [6.45, 7) is 2.26. The first-order valence-corrected chi connectivity index (χ1v) is 7.23. The third-order valence-corrected chi connectivity index (χ3v) is 3.61. The second-order valence-corrected chi connectivity index (χ2v) is 5.44. The number of aromatic amines is 1. The van der Waals surface area contributed by atoms with Crippen LogP contribution in [0.25, 0.3) is 11.0 Å². The maximum Gasteiger partial charge on any atom is 0.326 e. The fourth-order valence-electron chi connectivity index (χ4n) is 2.52. The standard InChI is InChI=1S/C17H16FN3O2/c1-11-3-2-4-12(7-11)9-19-16(22)10-21-15-6-5-13(18)8-14(15)20-17(21)23/h2-8H,9-10H2,1H3,(H,19,22)(H,20,23). The van der Waals surface area contributed by atoms with Gasteiger partial charge in [-0.15, -0.1) is 0 Å². The van der Waals surface area contributed by atoms with Crippen LogP contribution in [-0.4, -0.2) is 15.5 Å². The van der Waals surface area contributed by atoms with Crippen molar-refractivity contribution in [1.82, 2.24) is 14.9 Å². The molecular formula is C17H16FN3O2. The lowest BCUT2D eigenvalue weighted by molar-refractivity contribution is -0.121. The normalized spacial score (nSPS) is 10.9. The first-order valence-electron chi connectivity index (χ1n) is 7.23. The lowest BCUT2D eigenvalue weighted by atomic mass is 10.1. The maximum atomic E-state index is 13.2. The predicted molar refractivity (Wildman–Crippen MR) is 85.5 cm³/mol. The van der Waals surface area contributed by atoms with Gasteiger partial charge in [0.25, 0.3) is 0 Å². The Balaban J connectivity index is 1.73. The van der Waals surface area contributed by atoms with Crippen LogP contribution in [0.5, 0.6) is 0 Å². The van der Waals surface area contributed by atoms with E-state index in [1.165, 1.54) is 22.8 Å². The Labute approximate surface area is 131 Å². The van der Waals surface area contributed by atoms with Crippen LogP contribution in [0.2, 0.25) is 0 Å². The predicted octanol–water partition coefficient (Wildman–Crippen LogP) is 2.09. The third-order valence-electron chi connectivity index (χ3n) is 3.61. The quantitative estimate of drug-likeness (QED) is 0.774. The average Bonchev–Trinajstić information content (AvgIpc) is 2.80. The first-order chi connectivity index (χ1) is 11.0. The van der Waals surface area contributed by atoms with Gasteiger partial charge in [-0.2, -0.15) is 0 Å². The number of rotatable bonds is 4. The van der Waals surface area contributed by atoms with Crippen LogP contribution >= 0.6 is 0 Å². The molecule has 118 valence electrons. The number of benzene rings is 2. The Hall–Kier alpha value is -2.89. The molecule has 0 aliphatic heterocycles. The molecule has 0 aliphatic rings. The molecule has 1 amide bonds. The Morgan fingerprint density at radius 3 is 2.87 bits per heavy atom. The third kappa shape index (κ3) is 3.31. The van der Waals surface area contributed by atoms with E-state index in [1.807, 2.05) is 31.2 Å². The van der Waals surface area contributed by atoms with Gasteiger partial charge in [0.1, 0.15) is 12.4 Å². The summed E-state index contributed by atoms with van der Waals surface area (Å²) >= 11 is 0. The lowest BCUT2D eigenvalue weighted by Crippen LogP contribution is -2.31. The molecule has 0 fully saturated rings. The van der Waals surface area contributed by atoms with E-state index in [0.29, 0.717) is 17.6 Å². The summed E-state index contributed by atoms with van der Waals surface area (Å²) in [6.07, 6.45) is 0. The molecule has 6 heteroatoms. The number of imidazole rings is 1. The van der Waals surface area contributed by atoms with Crippen LogP contribution in [0.4, 0.5) is 4.39 Å². The van der Waals surface area contributed by atoms with Crippen molar-refractivity contribution in [1.29, 1.82) is 0 Å². The Bertz CT molecular complexity index is 927. The van der Waals surface area contributed by atoms with Gasteiger partial charge in [-0.1, -0.05) is 29.8 Å².